The van der Waals surface area contributed by atoms with Crippen LogP contribution in [-0.2, 0) is 17.6 Å². The molecule has 2 aliphatic heterocycles. The molecular formula is C34H40N6O3. The summed E-state index contributed by atoms with van der Waals surface area (Å²) in [5.41, 5.74) is 7.74. The van der Waals surface area contributed by atoms with Gasteiger partial charge in [0.05, 0.1) is 25.9 Å². The molecule has 4 aromatic rings. The van der Waals surface area contributed by atoms with Crippen LogP contribution in [0.25, 0.3) is 10.9 Å². The van der Waals surface area contributed by atoms with E-state index < -0.39 is 0 Å². The second-order valence-electron chi connectivity index (χ2n) is 11.2. The highest BCUT2D eigenvalue weighted by Gasteiger charge is 2.37. The molecule has 9 heteroatoms. The van der Waals surface area contributed by atoms with E-state index in [9.17, 15) is 4.79 Å². The number of H-pyrrole nitrogens is 1. The number of nitrogens with one attached hydrogen (secondary N) is 4. The predicted molar refractivity (Wildman–Crippen MR) is 171 cm³/mol. The summed E-state index contributed by atoms with van der Waals surface area (Å²) in [6.07, 6.45) is 5.81. The summed E-state index contributed by atoms with van der Waals surface area (Å²) in [7, 11) is 3.31. The summed E-state index contributed by atoms with van der Waals surface area (Å²) >= 11 is 0. The van der Waals surface area contributed by atoms with Crippen LogP contribution in [0.4, 0.5) is 5.69 Å². The zero-order valence-corrected chi connectivity index (χ0v) is 24.8. The number of anilines is 1. The molecule has 0 spiro atoms. The van der Waals surface area contributed by atoms with Gasteiger partial charge in [0, 0.05) is 35.5 Å². The number of amides is 1. The second-order valence-corrected chi connectivity index (χ2v) is 11.2. The molecule has 2 aliphatic rings. The maximum Gasteiger partial charge on any atom is 0.223 e. The Hall–Kier alpha value is -4.50. The quantitative estimate of drug-likeness (QED) is 0.207. The number of aromatic amines is 1. The fraction of sp³-hybridized carbons (Fsp3) is 0.353. The van der Waals surface area contributed by atoms with E-state index in [1.54, 1.807) is 14.2 Å². The molecule has 224 valence electrons. The minimum absolute atomic E-state index is 0.0282. The van der Waals surface area contributed by atoms with Gasteiger partial charge in [-0.3, -0.25) is 10.2 Å². The highest BCUT2D eigenvalue weighted by atomic mass is 16.5. The van der Waals surface area contributed by atoms with Gasteiger partial charge in [-0.05, 0) is 68.1 Å². The van der Waals surface area contributed by atoms with Gasteiger partial charge in [0.15, 0.2) is 5.84 Å². The highest BCUT2D eigenvalue weighted by molar-refractivity contribution is 6.06. The molecule has 1 amide bonds. The van der Waals surface area contributed by atoms with Crippen molar-refractivity contribution < 1.29 is 14.3 Å². The molecule has 3 aromatic carbocycles. The van der Waals surface area contributed by atoms with Crippen molar-refractivity contribution >= 4 is 28.3 Å². The Labute approximate surface area is 252 Å². The van der Waals surface area contributed by atoms with E-state index in [0.29, 0.717) is 17.9 Å². The molecule has 1 aromatic heterocycles. The zero-order valence-electron chi connectivity index (χ0n) is 24.8. The fourth-order valence-electron chi connectivity index (χ4n) is 6.18. The van der Waals surface area contributed by atoms with Crippen molar-refractivity contribution in [2.75, 3.05) is 32.2 Å². The first-order chi connectivity index (χ1) is 21.1. The minimum Gasteiger partial charge on any atom is -0.497 e. The molecule has 4 N–H and O–H groups in total. The molecule has 0 bridgehead atoms. The maximum atomic E-state index is 13.7. The number of piperidine rings is 1. The van der Waals surface area contributed by atoms with Gasteiger partial charge in [-0.25, -0.2) is 0 Å². The van der Waals surface area contributed by atoms with Crippen LogP contribution in [0.1, 0.15) is 30.4 Å². The molecule has 1 unspecified atom stereocenters. The third kappa shape index (κ3) is 6.32. The molecule has 1 fully saturated rings. The van der Waals surface area contributed by atoms with Gasteiger partial charge in [-0.15, -0.1) is 0 Å². The van der Waals surface area contributed by atoms with Crippen LogP contribution in [0.2, 0.25) is 0 Å². The van der Waals surface area contributed by atoms with Crippen LogP contribution in [0.3, 0.4) is 0 Å². The Bertz CT molecular complexity index is 1560. The van der Waals surface area contributed by atoms with Crippen LogP contribution in [0.15, 0.2) is 84.1 Å². The summed E-state index contributed by atoms with van der Waals surface area (Å²) in [4.78, 5) is 19.3. The van der Waals surface area contributed by atoms with E-state index in [1.807, 2.05) is 42.6 Å². The SMILES string of the molecule is COc1ccc(N2C([C@@H](Cc3c[nH]c4ccccc34)NC(=O)C3CCNCC3)=NNC2CCc2ccccc2)c(OC)c1. The largest absolute Gasteiger partial charge is 0.497 e. The number of methoxy groups -OCH3 is 2. The summed E-state index contributed by atoms with van der Waals surface area (Å²) in [5.74, 6) is 2.19. The van der Waals surface area contributed by atoms with Crippen LogP contribution in [0, 0.1) is 5.92 Å². The van der Waals surface area contributed by atoms with E-state index in [4.69, 9.17) is 14.6 Å². The van der Waals surface area contributed by atoms with Gasteiger partial charge < -0.3 is 30.0 Å². The monoisotopic (exact) mass is 580 g/mol. The number of amidine groups is 1. The van der Waals surface area contributed by atoms with Gasteiger partial charge in [0.2, 0.25) is 5.91 Å². The Kier molecular flexibility index (Phi) is 8.79. The Morgan fingerprint density at radius 2 is 1.81 bits per heavy atom. The number of fused-ring (bicyclic) bond motifs is 1. The molecule has 6 rings (SSSR count). The van der Waals surface area contributed by atoms with E-state index in [2.05, 4.69) is 62.3 Å². The molecular weight excluding hydrogens is 540 g/mol. The second kappa shape index (κ2) is 13.2. The lowest BCUT2D eigenvalue weighted by molar-refractivity contribution is -0.126. The number of ether oxygens (including phenoxy) is 2. The van der Waals surface area contributed by atoms with Crippen LogP contribution in [-0.4, -0.2) is 56.2 Å². The number of aromatic nitrogens is 1. The number of carbonyl (C=O) groups is 1. The van der Waals surface area contributed by atoms with E-state index >= 15 is 0 Å². The lowest BCUT2D eigenvalue weighted by Crippen LogP contribution is -2.53. The highest BCUT2D eigenvalue weighted by Crippen LogP contribution is 2.36. The summed E-state index contributed by atoms with van der Waals surface area (Å²) in [6, 6.07) is 24.2. The average Bonchev–Trinajstić information content (AvgIpc) is 3.68. The number of rotatable bonds is 11. The number of hydrogen-bond donors (Lipinski definition) is 4. The molecule has 1 saturated heterocycles. The Balaban J connectivity index is 1.36. The van der Waals surface area contributed by atoms with Crippen molar-refractivity contribution in [3.63, 3.8) is 0 Å². The topological polar surface area (TPSA) is 103 Å². The lowest BCUT2D eigenvalue weighted by Gasteiger charge is -2.33. The molecule has 9 nitrogen and oxygen atoms in total. The lowest BCUT2D eigenvalue weighted by atomic mass is 9.95. The summed E-state index contributed by atoms with van der Waals surface area (Å²) in [6.45, 7) is 1.70. The van der Waals surface area contributed by atoms with Gasteiger partial charge in [0.1, 0.15) is 17.7 Å². The molecule has 0 radical (unpaired) electrons. The first kappa shape index (κ1) is 28.6. The number of para-hydroxylation sites is 1. The van der Waals surface area contributed by atoms with Crippen molar-refractivity contribution in [3.8, 4) is 11.5 Å². The average molecular weight is 581 g/mol. The number of hydrazone groups is 1. The summed E-state index contributed by atoms with van der Waals surface area (Å²) in [5, 5.41) is 12.9. The number of aryl methyl sites for hydroxylation is 1. The standard InChI is InChI=1S/C34H40N6O3/c1-42-26-13-14-30(31(21-26)43-2)40-32(15-12-23-8-4-3-5-9-23)38-39-33(40)29(37-34(41)24-16-18-35-19-17-24)20-25-22-36-28-11-7-6-10-27(25)28/h3-11,13-14,21-22,24,29,32,35-36,38H,12,15-20H2,1-2H3,(H,37,41)/t29-,32?/m1/s1. The summed E-state index contributed by atoms with van der Waals surface area (Å²) < 4.78 is 11.4. The van der Waals surface area contributed by atoms with E-state index in [0.717, 1.165) is 66.8 Å². The molecule has 3 heterocycles. The Morgan fingerprint density at radius 3 is 2.60 bits per heavy atom. The number of nitrogens with zero attached hydrogens (tertiary/aromatic N) is 2. The normalized spacial score (nSPS) is 17.8. The number of benzene rings is 3. The first-order valence-electron chi connectivity index (χ1n) is 15.1. The van der Waals surface area contributed by atoms with E-state index in [1.165, 1.54) is 5.56 Å². The smallest absolute Gasteiger partial charge is 0.223 e. The minimum atomic E-state index is -0.373. The molecule has 0 saturated carbocycles. The number of carbonyl (C=O) groups excluding carboxylic acids is 1. The third-order valence-electron chi connectivity index (χ3n) is 8.52. The van der Waals surface area contributed by atoms with Crippen LogP contribution in [0.5, 0.6) is 11.5 Å². The van der Waals surface area contributed by atoms with Crippen molar-refractivity contribution in [3.05, 3.63) is 90.1 Å². The molecule has 0 aliphatic carbocycles. The maximum absolute atomic E-state index is 13.7. The van der Waals surface area contributed by atoms with Gasteiger partial charge in [0.25, 0.3) is 0 Å². The fourth-order valence-corrected chi connectivity index (χ4v) is 6.18. The third-order valence-corrected chi connectivity index (χ3v) is 8.52. The van der Waals surface area contributed by atoms with Crippen molar-refractivity contribution in [1.29, 1.82) is 0 Å². The zero-order chi connectivity index (χ0) is 29.6. The van der Waals surface area contributed by atoms with E-state index in [-0.39, 0.29) is 24.0 Å². The van der Waals surface area contributed by atoms with Gasteiger partial charge in [-0.1, -0.05) is 48.5 Å². The first-order valence-corrected chi connectivity index (χ1v) is 15.1. The molecule has 43 heavy (non-hydrogen) atoms. The number of hydrogen-bond acceptors (Lipinski definition) is 7. The Morgan fingerprint density at radius 1 is 1.02 bits per heavy atom. The predicted octanol–water partition coefficient (Wildman–Crippen LogP) is 4.59. The van der Waals surface area contributed by atoms with Crippen molar-refractivity contribution in [2.24, 2.45) is 11.0 Å². The van der Waals surface area contributed by atoms with Gasteiger partial charge >= 0.3 is 0 Å². The van der Waals surface area contributed by atoms with Gasteiger partial charge in [-0.2, -0.15) is 5.10 Å². The van der Waals surface area contributed by atoms with Crippen molar-refractivity contribution in [2.45, 2.75) is 44.3 Å². The van der Waals surface area contributed by atoms with Crippen molar-refractivity contribution in [1.82, 2.24) is 21.0 Å². The van der Waals surface area contributed by atoms with Crippen LogP contribution < -0.4 is 30.4 Å². The molecule has 2 atom stereocenters. The van der Waals surface area contributed by atoms with Crippen LogP contribution >= 0.6 is 0 Å².